The molecule has 0 aromatic heterocycles. The number of carbonyl (C=O) groups excluding carboxylic acids is 4. The van der Waals surface area contributed by atoms with E-state index in [0.717, 1.165) is 24.2 Å². The largest absolute Gasteiger partial charge is 0.454 e. The van der Waals surface area contributed by atoms with Gasteiger partial charge in [0.2, 0.25) is 0 Å². The second kappa shape index (κ2) is 8.31. The predicted molar refractivity (Wildman–Crippen MR) is 101 cm³/mol. The number of hydrogen-bond acceptors (Lipinski definition) is 6. The summed E-state index contributed by atoms with van der Waals surface area (Å²) in [7, 11) is 0. The number of benzene rings is 1. The third-order valence-corrected chi connectivity index (χ3v) is 5.47. The SMILES string of the molecule is C[C@@H]1CCCC[C@@]12NC(=O)N(CC(=O)OCC(=O)Nc1ccccc1C#N)C2=O. The smallest absolute Gasteiger partial charge is 0.326 e. The molecule has 0 radical (unpaired) electrons. The van der Waals surface area contributed by atoms with Crippen molar-refractivity contribution in [3.8, 4) is 6.07 Å². The van der Waals surface area contributed by atoms with Crippen molar-refractivity contribution in [3.63, 3.8) is 0 Å². The van der Waals surface area contributed by atoms with Gasteiger partial charge in [0.25, 0.3) is 11.8 Å². The molecular weight excluding hydrogens is 376 g/mol. The highest BCUT2D eigenvalue weighted by Gasteiger charge is 2.55. The van der Waals surface area contributed by atoms with E-state index in [9.17, 15) is 19.2 Å². The van der Waals surface area contributed by atoms with Gasteiger partial charge in [0.1, 0.15) is 18.2 Å². The number of nitriles is 1. The highest BCUT2D eigenvalue weighted by atomic mass is 16.5. The maximum atomic E-state index is 12.8. The van der Waals surface area contributed by atoms with Crippen molar-refractivity contribution in [2.75, 3.05) is 18.5 Å². The molecule has 1 spiro atoms. The Hall–Kier alpha value is -3.41. The zero-order valence-corrected chi connectivity index (χ0v) is 16.1. The second-order valence-corrected chi connectivity index (χ2v) is 7.31. The van der Waals surface area contributed by atoms with Crippen LogP contribution in [0.15, 0.2) is 24.3 Å². The van der Waals surface area contributed by atoms with Crippen LogP contribution in [0.4, 0.5) is 10.5 Å². The van der Waals surface area contributed by atoms with Gasteiger partial charge in [-0.05, 0) is 30.9 Å². The number of carbonyl (C=O) groups is 4. The van der Waals surface area contributed by atoms with E-state index in [1.807, 2.05) is 13.0 Å². The van der Waals surface area contributed by atoms with Crippen LogP contribution in [0.25, 0.3) is 0 Å². The summed E-state index contributed by atoms with van der Waals surface area (Å²) in [4.78, 5) is 50.0. The quantitative estimate of drug-likeness (QED) is 0.572. The zero-order chi connectivity index (χ0) is 21.0. The first kappa shape index (κ1) is 20.3. The number of hydrogen-bond donors (Lipinski definition) is 2. The molecule has 9 nitrogen and oxygen atoms in total. The van der Waals surface area contributed by atoms with E-state index in [1.54, 1.807) is 24.3 Å². The first-order valence-corrected chi connectivity index (χ1v) is 9.46. The zero-order valence-electron chi connectivity index (χ0n) is 16.1. The van der Waals surface area contributed by atoms with Gasteiger partial charge in [-0.1, -0.05) is 31.9 Å². The topological polar surface area (TPSA) is 129 Å². The van der Waals surface area contributed by atoms with E-state index in [0.29, 0.717) is 12.1 Å². The molecule has 1 aromatic carbocycles. The van der Waals surface area contributed by atoms with Gasteiger partial charge in [-0.3, -0.25) is 19.3 Å². The van der Waals surface area contributed by atoms with Crippen molar-refractivity contribution < 1.29 is 23.9 Å². The van der Waals surface area contributed by atoms with Crippen LogP contribution in [-0.4, -0.2) is 47.4 Å². The lowest BCUT2D eigenvalue weighted by Crippen LogP contribution is -2.54. The Kier molecular flexibility index (Phi) is 5.82. The monoisotopic (exact) mass is 398 g/mol. The lowest BCUT2D eigenvalue weighted by atomic mass is 9.73. The number of nitrogens with zero attached hydrogens (tertiary/aromatic N) is 2. The van der Waals surface area contributed by atoms with Gasteiger partial charge < -0.3 is 15.4 Å². The van der Waals surface area contributed by atoms with Gasteiger partial charge in [-0.15, -0.1) is 0 Å². The number of rotatable bonds is 5. The summed E-state index contributed by atoms with van der Waals surface area (Å²) in [5, 5.41) is 14.3. The first-order chi connectivity index (χ1) is 13.9. The molecule has 2 atom stereocenters. The summed E-state index contributed by atoms with van der Waals surface area (Å²) in [6.07, 6.45) is 3.21. The summed E-state index contributed by atoms with van der Waals surface area (Å²) in [5.41, 5.74) is -0.370. The Morgan fingerprint density at radius 3 is 2.83 bits per heavy atom. The number of ether oxygens (including phenoxy) is 1. The number of urea groups is 1. The number of anilines is 1. The molecule has 1 aliphatic heterocycles. The van der Waals surface area contributed by atoms with Crippen LogP contribution in [0.3, 0.4) is 0 Å². The minimum Gasteiger partial charge on any atom is -0.454 e. The molecule has 9 heteroatoms. The molecule has 2 N–H and O–H groups in total. The minimum atomic E-state index is -0.950. The number of nitrogens with one attached hydrogen (secondary N) is 2. The first-order valence-electron chi connectivity index (χ1n) is 9.46. The molecule has 1 saturated heterocycles. The van der Waals surface area contributed by atoms with Crippen LogP contribution in [0.5, 0.6) is 0 Å². The molecular formula is C20H22N4O5. The highest BCUT2D eigenvalue weighted by molar-refractivity contribution is 6.09. The summed E-state index contributed by atoms with van der Waals surface area (Å²) in [6.45, 7) is 0.771. The highest BCUT2D eigenvalue weighted by Crippen LogP contribution is 2.38. The lowest BCUT2D eigenvalue weighted by molar-refractivity contribution is -0.150. The molecule has 1 aromatic rings. The number of amides is 4. The van der Waals surface area contributed by atoms with Crippen molar-refractivity contribution in [1.82, 2.24) is 10.2 Å². The van der Waals surface area contributed by atoms with Gasteiger partial charge in [-0.25, -0.2) is 4.79 Å². The van der Waals surface area contributed by atoms with Crippen molar-refractivity contribution in [2.24, 2.45) is 5.92 Å². The van der Waals surface area contributed by atoms with Crippen molar-refractivity contribution in [3.05, 3.63) is 29.8 Å². The van der Waals surface area contributed by atoms with E-state index in [-0.39, 0.29) is 11.5 Å². The molecule has 2 fully saturated rings. The molecule has 29 heavy (non-hydrogen) atoms. The standard InChI is InChI=1S/C20H22N4O5/c1-13-6-4-5-9-20(13)18(27)24(19(28)23-20)11-17(26)29-12-16(25)22-15-8-3-2-7-14(15)10-21/h2-3,7-8,13H,4-6,9,11-12H2,1H3,(H,22,25)(H,23,28)/t13-,20-/m1/s1. The Labute approximate surface area is 168 Å². The molecule has 4 amide bonds. The van der Waals surface area contributed by atoms with Crippen LogP contribution in [0, 0.1) is 17.2 Å². The average molecular weight is 398 g/mol. The summed E-state index contributed by atoms with van der Waals surface area (Å²) < 4.78 is 4.90. The fourth-order valence-electron chi connectivity index (χ4n) is 3.84. The fraction of sp³-hybridized carbons (Fsp3) is 0.450. The third kappa shape index (κ3) is 4.06. The number of esters is 1. The van der Waals surface area contributed by atoms with E-state index < -0.39 is 42.5 Å². The van der Waals surface area contributed by atoms with E-state index in [4.69, 9.17) is 10.00 Å². The van der Waals surface area contributed by atoms with Crippen molar-refractivity contribution in [1.29, 1.82) is 5.26 Å². The Bertz CT molecular complexity index is 893. The molecule has 1 aliphatic carbocycles. The van der Waals surface area contributed by atoms with E-state index >= 15 is 0 Å². The van der Waals surface area contributed by atoms with Crippen molar-refractivity contribution in [2.45, 2.75) is 38.1 Å². The summed E-state index contributed by atoms with van der Waals surface area (Å²) >= 11 is 0. The number of imide groups is 1. The van der Waals surface area contributed by atoms with Gasteiger partial charge in [-0.2, -0.15) is 5.26 Å². The molecule has 1 heterocycles. The lowest BCUT2D eigenvalue weighted by Gasteiger charge is -2.36. The van der Waals surface area contributed by atoms with E-state index in [1.165, 1.54) is 0 Å². The molecule has 3 rings (SSSR count). The number of para-hydroxylation sites is 1. The second-order valence-electron chi connectivity index (χ2n) is 7.31. The van der Waals surface area contributed by atoms with Gasteiger partial charge in [0.15, 0.2) is 6.61 Å². The van der Waals surface area contributed by atoms with Gasteiger partial charge in [0.05, 0.1) is 11.3 Å². The molecule has 152 valence electrons. The maximum Gasteiger partial charge on any atom is 0.326 e. The van der Waals surface area contributed by atoms with Gasteiger partial charge in [0, 0.05) is 0 Å². The van der Waals surface area contributed by atoms with Crippen LogP contribution in [0.2, 0.25) is 0 Å². The molecule has 0 unspecified atom stereocenters. The fourth-order valence-corrected chi connectivity index (χ4v) is 3.84. The van der Waals surface area contributed by atoms with Crippen LogP contribution in [-0.2, 0) is 19.1 Å². The van der Waals surface area contributed by atoms with Crippen LogP contribution in [0.1, 0.15) is 38.2 Å². The summed E-state index contributed by atoms with van der Waals surface area (Å²) in [5.74, 6) is -1.92. The molecule has 2 aliphatic rings. The molecule has 0 bridgehead atoms. The normalized spacial score (nSPS) is 23.4. The van der Waals surface area contributed by atoms with Crippen LogP contribution >= 0.6 is 0 Å². The molecule has 1 saturated carbocycles. The Balaban J connectivity index is 1.54. The van der Waals surface area contributed by atoms with E-state index in [2.05, 4.69) is 10.6 Å². The summed E-state index contributed by atoms with van der Waals surface area (Å²) in [6, 6.07) is 7.74. The Morgan fingerprint density at radius 1 is 1.34 bits per heavy atom. The van der Waals surface area contributed by atoms with Crippen molar-refractivity contribution >= 4 is 29.5 Å². The maximum absolute atomic E-state index is 12.8. The third-order valence-electron chi connectivity index (χ3n) is 5.47. The van der Waals surface area contributed by atoms with Gasteiger partial charge >= 0.3 is 12.0 Å². The van der Waals surface area contributed by atoms with Crippen LogP contribution < -0.4 is 10.6 Å². The predicted octanol–water partition coefficient (Wildman–Crippen LogP) is 1.54. The Morgan fingerprint density at radius 2 is 2.10 bits per heavy atom. The average Bonchev–Trinajstić information content (AvgIpc) is 2.94. The minimum absolute atomic E-state index is 0.0142.